The third-order valence-electron chi connectivity index (χ3n) is 5.20. The molecular weight excluding hydrogens is 424 g/mol. The van der Waals surface area contributed by atoms with E-state index in [4.69, 9.17) is 4.74 Å². The van der Waals surface area contributed by atoms with E-state index in [0.29, 0.717) is 17.9 Å². The highest BCUT2D eigenvalue weighted by atomic mass is 32.2. The number of rotatable bonds is 9. The normalized spacial score (nSPS) is 12.1. The lowest BCUT2D eigenvalue weighted by Gasteiger charge is -2.27. The fraction of sp³-hybridized carbons (Fsp3) is 0.240. The average Bonchev–Trinajstić information content (AvgIpc) is 2.82. The number of aryl methyl sites for hydroxylation is 1. The second kappa shape index (κ2) is 10.3. The third kappa shape index (κ3) is 5.29. The largest absolute Gasteiger partial charge is 0.495 e. The second-order valence-corrected chi connectivity index (χ2v) is 9.30. The van der Waals surface area contributed by atoms with E-state index in [1.54, 1.807) is 42.5 Å². The number of nitrogens with zero attached hydrogens (tertiary/aromatic N) is 1. The van der Waals surface area contributed by atoms with Crippen molar-refractivity contribution in [3.8, 4) is 5.75 Å². The van der Waals surface area contributed by atoms with E-state index in [2.05, 4.69) is 5.32 Å². The molecule has 0 heterocycles. The van der Waals surface area contributed by atoms with E-state index in [-0.39, 0.29) is 17.5 Å². The summed E-state index contributed by atoms with van der Waals surface area (Å²) in [5, 5.41) is 2.98. The van der Waals surface area contributed by atoms with Crippen LogP contribution in [0.5, 0.6) is 5.75 Å². The maximum atomic E-state index is 13.5. The second-order valence-electron chi connectivity index (χ2n) is 7.44. The summed E-state index contributed by atoms with van der Waals surface area (Å²) >= 11 is 0. The predicted molar refractivity (Wildman–Crippen MR) is 126 cm³/mol. The number of para-hydroxylation sites is 2. The highest BCUT2D eigenvalue weighted by Crippen LogP contribution is 2.32. The fourth-order valence-electron chi connectivity index (χ4n) is 3.45. The van der Waals surface area contributed by atoms with Crippen LogP contribution < -0.4 is 14.4 Å². The molecule has 6 nitrogen and oxygen atoms in total. The topological polar surface area (TPSA) is 75.7 Å². The summed E-state index contributed by atoms with van der Waals surface area (Å²) in [6, 6.07) is 22.5. The molecule has 0 saturated heterocycles. The molecule has 1 N–H and O–H groups in total. The van der Waals surface area contributed by atoms with Gasteiger partial charge in [0.15, 0.2) is 0 Å². The fourth-order valence-corrected chi connectivity index (χ4v) is 4.90. The molecule has 32 heavy (non-hydrogen) atoms. The quantitative estimate of drug-likeness (QED) is 0.520. The molecular formula is C25H28N2O4S. The Morgan fingerprint density at radius 2 is 1.59 bits per heavy atom. The molecule has 0 spiro atoms. The first kappa shape index (κ1) is 23.3. The van der Waals surface area contributed by atoms with Gasteiger partial charge in [-0.1, -0.05) is 67.1 Å². The summed E-state index contributed by atoms with van der Waals surface area (Å²) < 4.78 is 33.5. The third-order valence-corrected chi connectivity index (χ3v) is 6.97. The van der Waals surface area contributed by atoms with Crippen molar-refractivity contribution < 1.29 is 17.9 Å². The smallest absolute Gasteiger partial charge is 0.264 e. The summed E-state index contributed by atoms with van der Waals surface area (Å²) in [5.74, 6) is -0.0341. The molecule has 0 aliphatic heterocycles. The first-order chi connectivity index (χ1) is 15.4. The molecule has 0 fully saturated rings. The van der Waals surface area contributed by atoms with Gasteiger partial charge in [-0.15, -0.1) is 0 Å². The summed E-state index contributed by atoms with van der Waals surface area (Å²) in [5.41, 5.74) is 2.41. The molecule has 7 heteroatoms. The molecule has 1 amide bonds. The average molecular weight is 453 g/mol. The minimum Gasteiger partial charge on any atom is -0.495 e. The van der Waals surface area contributed by atoms with Gasteiger partial charge in [0.05, 0.1) is 23.7 Å². The lowest BCUT2D eigenvalue weighted by molar-refractivity contribution is -0.120. The molecule has 0 radical (unpaired) electrons. The highest BCUT2D eigenvalue weighted by molar-refractivity contribution is 7.92. The number of nitrogens with one attached hydrogen (secondary N) is 1. The van der Waals surface area contributed by atoms with Gasteiger partial charge in [-0.05, 0) is 43.2 Å². The van der Waals surface area contributed by atoms with Gasteiger partial charge in [-0.3, -0.25) is 9.10 Å². The number of methoxy groups -OCH3 is 1. The number of ether oxygens (including phenoxy) is 1. The van der Waals surface area contributed by atoms with Crippen LogP contribution in [-0.2, 0) is 14.8 Å². The van der Waals surface area contributed by atoms with Gasteiger partial charge in [-0.25, -0.2) is 8.42 Å². The molecule has 0 saturated carbocycles. The lowest BCUT2D eigenvalue weighted by atomic mass is 10.0. The summed E-state index contributed by atoms with van der Waals surface area (Å²) in [6.45, 7) is 3.60. The summed E-state index contributed by atoms with van der Waals surface area (Å²) in [7, 11) is -2.53. The first-order valence-electron chi connectivity index (χ1n) is 10.4. The van der Waals surface area contributed by atoms with Crippen molar-refractivity contribution in [3.63, 3.8) is 0 Å². The standard InChI is InChI=1S/C25H28N2O4S/c1-4-22(20-16-14-19(2)15-17-20)26-25(28)18-27(23-12-8-9-13-24(23)31-3)32(29,30)21-10-6-5-7-11-21/h5-17,22H,4,18H2,1-3H3,(H,26,28)/t22-/m0/s1. The van der Waals surface area contributed by atoms with Crippen molar-refractivity contribution in [2.75, 3.05) is 18.0 Å². The number of anilines is 1. The molecule has 0 aliphatic carbocycles. The van der Waals surface area contributed by atoms with Crippen LogP contribution in [0.4, 0.5) is 5.69 Å². The Labute approximate surface area is 189 Å². The molecule has 0 bridgehead atoms. The zero-order valence-electron chi connectivity index (χ0n) is 18.5. The number of amides is 1. The van der Waals surface area contributed by atoms with Crippen LogP contribution in [-0.4, -0.2) is 28.0 Å². The zero-order chi connectivity index (χ0) is 23.1. The number of hydrogen-bond donors (Lipinski definition) is 1. The van der Waals surface area contributed by atoms with Crippen molar-refractivity contribution in [2.45, 2.75) is 31.2 Å². The Morgan fingerprint density at radius 1 is 0.969 bits per heavy atom. The van der Waals surface area contributed by atoms with Crippen molar-refractivity contribution in [1.29, 1.82) is 0 Å². The minimum absolute atomic E-state index is 0.101. The molecule has 3 aromatic rings. The van der Waals surface area contributed by atoms with Gasteiger partial charge in [0, 0.05) is 0 Å². The monoisotopic (exact) mass is 452 g/mol. The van der Waals surface area contributed by atoms with Crippen LogP contribution in [0.2, 0.25) is 0 Å². The van der Waals surface area contributed by atoms with E-state index in [1.807, 2.05) is 38.1 Å². The molecule has 0 unspecified atom stereocenters. The van der Waals surface area contributed by atoms with Crippen LogP contribution in [0.15, 0.2) is 83.8 Å². The summed E-state index contributed by atoms with van der Waals surface area (Å²) in [6.07, 6.45) is 0.675. The summed E-state index contributed by atoms with van der Waals surface area (Å²) in [4.78, 5) is 13.2. The Bertz CT molecular complexity index is 1150. The molecule has 1 atom stereocenters. The van der Waals surface area contributed by atoms with Crippen molar-refractivity contribution in [2.24, 2.45) is 0 Å². The van der Waals surface area contributed by atoms with Gasteiger partial charge in [-0.2, -0.15) is 0 Å². The van der Waals surface area contributed by atoms with Crippen molar-refractivity contribution in [1.82, 2.24) is 5.32 Å². The molecule has 3 aromatic carbocycles. The number of hydrogen-bond acceptors (Lipinski definition) is 4. The van der Waals surface area contributed by atoms with Crippen molar-refractivity contribution in [3.05, 3.63) is 90.0 Å². The van der Waals surface area contributed by atoms with Gasteiger partial charge in [0.2, 0.25) is 5.91 Å². The van der Waals surface area contributed by atoms with Crippen molar-refractivity contribution >= 4 is 21.6 Å². The van der Waals surface area contributed by atoms with Gasteiger partial charge >= 0.3 is 0 Å². The SMILES string of the molecule is CC[C@H](NC(=O)CN(c1ccccc1OC)S(=O)(=O)c1ccccc1)c1ccc(C)cc1. The van der Waals surface area contributed by atoms with Crippen LogP contribution in [0, 0.1) is 6.92 Å². The van der Waals surface area contributed by atoms with Gasteiger partial charge in [0.1, 0.15) is 12.3 Å². The van der Waals surface area contributed by atoms with Crippen LogP contribution in [0.3, 0.4) is 0 Å². The van der Waals surface area contributed by atoms with Gasteiger partial charge in [0.25, 0.3) is 10.0 Å². The number of sulfonamides is 1. The van der Waals surface area contributed by atoms with E-state index in [1.165, 1.54) is 19.2 Å². The molecule has 3 rings (SSSR count). The molecule has 0 aliphatic rings. The van der Waals surface area contributed by atoms with E-state index >= 15 is 0 Å². The number of carbonyl (C=O) groups excluding carboxylic acids is 1. The predicted octanol–water partition coefficient (Wildman–Crippen LogP) is 4.47. The van der Waals surface area contributed by atoms with E-state index in [0.717, 1.165) is 15.4 Å². The maximum Gasteiger partial charge on any atom is 0.264 e. The Balaban J connectivity index is 1.93. The number of benzene rings is 3. The Hall–Kier alpha value is -3.32. The van der Waals surface area contributed by atoms with Gasteiger partial charge < -0.3 is 10.1 Å². The lowest BCUT2D eigenvalue weighted by Crippen LogP contribution is -2.42. The van der Waals surface area contributed by atoms with E-state index < -0.39 is 15.9 Å². The van der Waals surface area contributed by atoms with Crippen LogP contribution in [0.25, 0.3) is 0 Å². The van der Waals surface area contributed by atoms with Crippen LogP contribution >= 0.6 is 0 Å². The Morgan fingerprint density at radius 3 is 2.22 bits per heavy atom. The van der Waals surface area contributed by atoms with Crippen LogP contribution in [0.1, 0.15) is 30.5 Å². The Kier molecular flexibility index (Phi) is 7.53. The maximum absolute atomic E-state index is 13.5. The number of carbonyl (C=O) groups is 1. The zero-order valence-corrected chi connectivity index (χ0v) is 19.3. The molecule has 0 aromatic heterocycles. The minimum atomic E-state index is -4.00. The highest BCUT2D eigenvalue weighted by Gasteiger charge is 2.29. The van der Waals surface area contributed by atoms with E-state index in [9.17, 15) is 13.2 Å². The first-order valence-corrected chi connectivity index (χ1v) is 11.9. The molecule has 168 valence electrons.